The highest BCUT2D eigenvalue weighted by Gasteiger charge is 2.08. The minimum atomic E-state index is -0.100. The lowest BCUT2D eigenvalue weighted by atomic mass is 10.1. The molecular formula is C19H25N3O2. The van der Waals surface area contributed by atoms with Gasteiger partial charge in [0.15, 0.2) is 0 Å². The largest absolute Gasteiger partial charge is 0.497 e. The lowest BCUT2D eigenvalue weighted by Crippen LogP contribution is -2.26. The van der Waals surface area contributed by atoms with Gasteiger partial charge in [-0.05, 0) is 50.1 Å². The molecule has 1 aromatic carbocycles. The highest BCUT2D eigenvalue weighted by atomic mass is 16.5. The van der Waals surface area contributed by atoms with Crippen LogP contribution < -0.4 is 15.0 Å². The van der Waals surface area contributed by atoms with E-state index in [2.05, 4.69) is 29.0 Å². The molecule has 128 valence electrons. The van der Waals surface area contributed by atoms with E-state index >= 15 is 0 Å². The van der Waals surface area contributed by atoms with Crippen LogP contribution in [-0.2, 0) is 6.42 Å². The van der Waals surface area contributed by atoms with Crippen LogP contribution in [0, 0.1) is 0 Å². The number of methoxy groups -OCH3 is 1. The van der Waals surface area contributed by atoms with Crippen molar-refractivity contribution >= 4 is 11.7 Å². The van der Waals surface area contributed by atoms with Crippen molar-refractivity contribution in [1.82, 2.24) is 10.3 Å². The summed E-state index contributed by atoms with van der Waals surface area (Å²) in [7, 11) is 1.65. The molecule has 2 rings (SSSR count). The molecular weight excluding hydrogens is 302 g/mol. The van der Waals surface area contributed by atoms with Gasteiger partial charge in [-0.15, -0.1) is 0 Å². The van der Waals surface area contributed by atoms with Gasteiger partial charge in [0.05, 0.1) is 12.7 Å². The highest BCUT2D eigenvalue weighted by molar-refractivity contribution is 5.94. The van der Waals surface area contributed by atoms with Gasteiger partial charge in [0, 0.05) is 25.8 Å². The maximum atomic E-state index is 12.2. The molecule has 1 heterocycles. The van der Waals surface area contributed by atoms with Gasteiger partial charge in [0.1, 0.15) is 11.6 Å². The minimum Gasteiger partial charge on any atom is -0.497 e. The summed E-state index contributed by atoms with van der Waals surface area (Å²) in [5.41, 5.74) is 1.71. The minimum absolute atomic E-state index is 0.100. The van der Waals surface area contributed by atoms with E-state index in [0.717, 1.165) is 36.6 Å². The molecule has 0 aliphatic rings. The van der Waals surface area contributed by atoms with Gasteiger partial charge in [-0.1, -0.05) is 12.1 Å². The van der Waals surface area contributed by atoms with Crippen molar-refractivity contribution in [2.45, 2.75) is 20.3 Å². The quantitative estimate of drug-likeness (QED) is 0.810. The van der Waals surface area contributed by atoms with Gasteiger partial charge in [0.25, 0.3) is 5.91 Å². The number of nitrogens with one attached hydrogen (secondary N) is 1. The number of rotatable bonds is 8. The summed E-state index contributed by atoms with van der Waals surface area (Å²) < 4.78 is 5.20. The molecule has 0 spiro atoms. The first-order chi connectivity index (χ1) is 11.7. The van der Waals surface area contributed by atoms with Gasteiger partial charge in [0.2, 0.25) is 0 Å². The fourth-order valence-electron chi connectivity index (χ4n) is 2.51. The van der Waals surface area contributed by atoms with E-state index < -0.39 is 0 Å². The first-order valence-electron chi connectivity index (χ1n) is 8.30. The number of pyridine rings is 1. The molecule has 0 saturated carbocycles. The maximum absolute atomic E-state index is 12.2. The molecule has 1 amide bonds. The van der Waals surface area contributed by atoms with Crippen molar-refractivity contribution in [2.75, 3.05) is 31.6 Å². The molecule has 0 fully saturated rings. The standard InChI is InChI=1S/C19H25N3O2/c1-4-22(5-2)18-10-9-16(14-21-18)19(23)20-12-11-15-7-6-8-17(13-15)24-3/h6-10,13-14H,4-5,11-12H2,1-3H3,(H,20,23). The molecule has 0 aliphatic carbocycles. The van der Waals surface area contributed by atoms with E-state index in [-0.39, 0.29) is 5.91 Å². The van der Waals surface area contributed by atoms with Crippen LogP contribution in [0.5, 0.6) is 5.75 Å². The van der Waals surface area contributed by atoms with Crippen molar-refractivity contribution in [3.8, 4) is 5.75 Å². The van der Waals surface area contributed by atoms with Gasteiger partial charge >= 0.3 is 0 Å². The first kappa shape index (κ1) is 17.8. The van der Waals surface area contributed by atoms with Crippen LogP contribution in [0.2, 0.25) is 0 Å². The summed E-state index contributed by atoms with van der Waals surface area (Å²) in [6, 6.07) is 11.6. The summed E-state index contributed by atoms with van der Waals surface area (Å²) >= 11 is 0. The maximum Gasteiger partial charge on any atom is 0.252 e. The van der Waals surface area contributed by atoms with E-state index in [1.807, 2.05) is 36.4 Å². The Balaban J connectivity index is 1.88. The van der Waals surface area contributed by atoms with Gasteiger partial charge in [-0.3, -0.25) is 4.79 Å². The van der Waals surface area contributed by atoms with Crippen LogP contribution in [-0.4, -0.2) is 37.6 Å². The van der Waals surface area contributed by atoms with E-state index in [9.17, 15) is 4.79 Å². The highest BCUT2D eigenvalue weighted by Crippen LogP contribution is 2.13. The van der Waals surface area contributed by atoms with Crippen molar-refractivity contribution in [2.24, 2.45) is 0 Å². The fraction of sp³-hybridized carbons (Fsp3) is 0.368. The number of nitrogens with zero attached hydrogens (tertiary/aromatic N) is 2. The Labute approximate surface area is 143 Å². The van der Waals surface area contributed by atoms with Crippen LogP contribution in [0.15, 0.2) is 42.6 Å². The zero-order valence-electron chi connectivity index (χ0n) is 14.6. The van der Waals surface area contributed by atoms with E-state index in [1.165, 1.54) is 0 Å². The van der Waals surface area contributed by atoms with Gasteiger partial charge in [-0.2, -0.15) is 0 Å². The third-order valence-corrected chi connectivity index (χ3v) is 3.93. The molecule has 0 unspecified atom stereocenters. The van der Waals surface area contributed by atoms with Crippen LogP contribution in [0.1, 0.15) is 29.8 Å². The number of carbonyl (C=O) groups is 1. The molecule has 0 bridgehead atoms. The first-order valence-corrected chi connectivity index (χ1v) is 8.30. The van der Waals surface area contributed by atoms with Crippen molar-refractivity contribution in [3.63, 3.8) is 0 Å². The lowest BCUT2D eigenvalue weighted by molar-refractivity contribution is 0.0954. The second kappa shape index (κ2) is 8.91. The fourth-order valence-corrected chi connectivity index (χ4v) is 2.51. The second-order valence-electron chi connectivity index (χ2n) is 5.43. The number of amides is 1. The number of hydrogen-bond donors (Lipinski definition) is 1. The molecule has 0 radical (unpaired) electrons. The number of hydrogen-bond acceptors (Lipinski definition) is 4. The monoisotopic (exact) mass is 327 g/mol. The summed E-state index contributed by atoms with van der Waals surface area (Å²) in [4.78, 5) is 18.7. The van der Waals surface area contributed by atoms with Crippen molar-refractivity contribution in [1.29, 1.82) is 0 Å². The predicted octanol–water partition coefficient (Wildman–Crippen LogP) is 2.91. The molecule has 0 saturated heterocycles. The molecule has 0 atom stereocenters. The molecule has 5 nitrogen and oxygen atoms in total. The molecule has 0 aliphatic heterocycles. The van der Waals surface area contributed by atoms with Gasteiger partial charge < -0.3 is 15.0 Å². The SMILES string of the molecule is CCN(CC)c1ccc(C(=O)NCCc2cccc(OC)c2)cn1. The number of carbonyl (C=O) groups excluding carboxylic acids is 1. The molecule has 1 aromatic heterocycles. The zero-order valence-corrected chi connectivity index (χ0v) is 14.6. The molecule has 1 N–H and O–H groups in total. The normalized spacial score (nSPS) is 10.3. The van der Waals surface area contributed by atoms with Crippen LogP contribution in [0.3, 0.4) is 0 Å². The van der Waals surface area contributed by atoms with Gasteiger partial charge in [-0.25, -0.2) is 4.98 Å². The molecule has 24 heavy (non-hydrogen) atoms. The number of aromatic nitrogens is 1. The smallest absolute Gasteiger partial charge is 0.252 e. The second-order valence-corrected chi connectivity index (χ2v) is 5.43. The Bertz CT molecular complexity index is 652. The average molecular weight is 327 g/mol. The van der Waals surface area contributed by atoms with E-state index in [4.69, 9.17) is 4.74 Å². The summed E-state index contributed by atoms with van der Waals surface area (Å²) in [5.74, 6) is 1.62. The van der Waals surface area contributed by atoms with Crippen LogP contribution in [0.4, 0.5) is 5.82 Å². The van der Waals surface area contributed by atoms with Crippen LogP contribution in [0.25, 0.3) is 0 Å². The number of benzene rings is 1. The molecule has 2 aromatic rings. The average Bonchev–Trinajstić information content (AvgIpc) is 2.63. The Morgan fingerprint density at radius 2 is 2.00 bits per heavy atom. The Kier molecular flexibility index (Phi) is 6.61. The predicted molar refractivity (Wildman–Crippen MR) is 96.8 cm³/mol. The Morgan fingerprint density at radius 1 is 1.21 bits per heavy atom. The zero-order chi connectivity index (χ0) is 17.4. The Hall–Kier alpha value is -2.56. The third kappa shape index (κ3) is 4.72. The van der Waals surface area contributed by atoms with Crippen molar-refractivity contribution < 1.29 is 9.53 Å². The Morgan fingerprint density at radius 3 is 2.62 bits per heavy atom. The van der Waals surface area contributed by atoms with Crippen molar-refractivity contribution in [3.05, 3.63) is 53.7 Å². The van der Waals surface area contributed by atoms with E-state index in [1.54, 1.807) is 13.3 Å². The summed E-state index contributed by atoms with van der Waals surface area (Å²) in [6.45, 7) is 6.55. The lowest BCUT2D eigenvalue weighted by Gasteiger charge is -2.19. The third-order valence-electron chi connectivity index (χ3n) is 3.93. The van der Waals surface area contributed by atoms with E-state index in [0.29, 0.717) is 12.1 Å². The molecule has 5 heteroatoms. The summed E-state index contributed by atoms with van der Waals surface area (Å²) in [6.07, 6.45) is 2.39. The number of anilines is 1. The number of ether oxygens (including phenoxy) is 1. The topological polar surface area (TPSA) is 54.5 Å². The summed E-state index contributed by atoms with van der Waals surface area (Å²) in [5, 5.41) is 2.93. The van der Waals surface area contributed by atoms with Crippen LogP contribution >= 0.6 is 0 Å².